The van der Waals surface area contributed by atoms with Gasteiger partial charge in [-0.15, -0.1) is 0 Å². The molecule has 0 saturated carbocycles. The first-order valence-electron chi connectivity index (χ1n) is 5.52. The molecule has 5 nitrogen and oxygen atoms in total. The summed E-state index contributed by atoms with van der Waals surface area (Å²) < 4.78 is 0. The Hall–Kier alpha value is -1.33. The summed E-state index contributed by atoms with van der Waals surface area (Å²) in [5.74, 6) is 0.835. The van der Waals surface area contributed by atoms with Crippen LogP contribution in [0.15, 0.2) is 12.3 Å². The zero-order chi connectivity index (χ0) is 12.0. The van der Waals surface area contributed by atoms with Crippen molar-refractivity contribution in [1.29, 1.82) is 0 Å². The quantitative estimate of drug-likeness (QED) is 0.757. The van der Waals surface area contributed by atoms with Gasteiger partial charge in [0.05, 0.1) is 16.5 Å². The van der Waals surface area contributed by atoms with Gasteiger partial charge in [-0.1, -0.05) is 11.6 Å². The van der Waals surface area contributed by atoms with Crippen molar-refractivity contribution in [2.45, 2.75) is 18.9 Å². The van der Waals surface area contributed by atoms with Crippen molar-refractivity contribution in [1.82, 2.24) is 15.2 Å². The van der Waals surface area contributed by atoms with Crippen LogP contribution < -0.4 is 4.90 Å². The maximum absolute atomic E-state index is 9.96. The molecule has 17 heavy (non-hydrogen) atoms. The number of hydrogen-bond acceptors (Lipinski definition) is 4. The van der Waals surface area contributed by atoms with E-state index in [1.165, 1.54) is 0 Å². The van der Waals surface area contributed by atoms with Crippen molar-refractivity contribution in [2.24, 2.45) is 0 Å². The topological polar surface area (TPSA) is 65.0 Å². The Morgan fingerprint density at radius 3 is 3.12 bits per heavy atom. The molecule has 0 spiro atoms. The summed E-state index contributed by atoms with van der Waals surface area (Å²) in [5, 5.41) is 18.6. The van der Waals surface area contributed by atoms with E-state index in [0.717, 1.165) is 29.7 Å². The lowest BCUT2D eigenvalue weighted by Crippen LogP contribution is -2.29. The monoisotopic (exact) mass is 252 g/mol. The van der Waals surface area contributed by atoms with Crippen LogP contribution in [0.4, 0.5) is 5.82 Å². The minimum absolute atomic E-state index is 0.445. The fourth-order valence-electron chi connectivity index (χ4n) is 2.24. The van der Waals surface area contributed by atoms with Crippen LogP contribution in [0, 0.1) is 0 Å². The maximum Gasteiger partial charge on any atom is 0.159 e. The van der Waals surface area contributed by atoms with Crippen molar-refractivity contribution in [3.63, 3.8) is 0 Å². The molecule has 1 aliphatic rings. The van der Waals surface area contributed by atoms with Crippen molar-refractivity contribution in [2.75, 3.05) is 18.0 Å². The highest BCUT2D eigenvalue weighted by molar-refractivity contribution is 6.30. The predicted octanol–water partition coefficient (Wildman–Crippen LogP) is 1.57. The molecular weight excluding hydrogens is 240 g/mol. The first kappa shape index (κ1) is 10.8. The lowest BCUT2D eigenvalue weighted by Gasteiger charge is -2.18. The number of nitrogens with zero attached hydrogens (tertiary/aromatic N) is 3. The molecule has 0 bridgehead atoms. The highest BCUT2D eigenvalue weighted by Gasteiger charge is 2.33. The SMILES string of the molecule is CC1(O)CCN(c2n[nH]c3cc(Cl)ncc23)C1. The molecular formula is C11H13ClN4O. The third kappa shape index (κ3) is 1.85. The average Bonchev–Trinajstić information content (AvgIpc) is 2.80. The van der Waals surface area contributed by atoms with Gasteiger partial charge in [-0.25, -0.2) is 4.98 Å². The number of halogens is 1. The van der Waals surface area contributed by atoms with E-state index in [1.54, 1.807) is 12.3 Å². The zero-order valence-electron chi connectivity index (χ0n) is 9.44. The molecule has 1 aliphatic heterocycles. The third-order valence-electron chi connectivity index (χ3n) is 3.15. The van der Waals surface area contributed by atoms with Crippen molar-refractivity contribution in [3.8, 4) is 0 Å². The van der Waals surface area contributed by atoms with Gasteiger partial charge in [-0.2, -0.15) is 5.10 Å². The summed E-state index contributed by atoms with van der Waals surface area (Å²) in [4.78, 5) is 6.13. The summed E-state index contributed by atoms with van der Waals surface area (Å²) in [6.07, 6.45) is 2.46. The van der Waals surface area contributed by atoms with Crippen LogP contribution in [0.5, 0.6) is 0 Å². The van der Waals surface area contributed by atoms with E-state index in [9.17, 15) is 5.11 Å². The summed E-state index contributed by atoms with van der Waals surface area (Å²) in [7, 11) is 0. The predicted molar refractivity (Wildman–Crippen MR) is 66.4 cm³/mol. The number of aromatic amines is 1. The van der Waals surface area contributed by atoms with E-state index in [0.29, 0.717) is 11.7 Å². The minimum atomic E-state index is -0.634. The van der Waals surface area contributed by atoms with Crippen LogP contribution in [0.25, 0.3) is 10.9 Å². The van der Waals surface area contributed by atoms with Crippen molar-refractivity contribution >= 4 is 28.3 Å². The molecule has 1 atom stereocenters. The Kier molecular flexibility index (Phi) is 2.27. The molecule has 1 fully saturated rings. The maximum atomic E-state index is 9.96. The second-order valence-corrected chi connectivity index (χ2v) is 5.16. The molecule has 0 aliphatic carbocycles. The van der Waals surface area contributed by atoms with Crippen molar-refractivity contribution < 1.29 is 5.11 Å². The van der Waals surface area contributed by atoms with Gasteiger partial charge in [0.25, 0.3) is 0 Å². The highest BCUT2D eigenvalue weighted by Crippen LogP contribution is 2.30. The van der Waals surface area contributed by atoms with Gasteiger partial charge in [-0.3, -0.25) is 5.10 Å². The molecule has 6 heteroatoms. The molecule has 2 aromatic heterocycles. The number of β-amino-alcohol motifs (C(OH)–C–C–N with tert-alkyl or cyclic N) is 1. The molecule has 0 aromatic carbocycles. The van der Waals surface area contributed by atoms with Crippen molar-refractivity contribution in [3.05, 3.63) is 17.4 Å². The smallest absolute Gasteiger partial charge is 0.159 e. The van der Waals surface area contributed by atoms with Crippen LogP contribution >= 0.6 is 11.6 Å². The number of aliphatic hydroxyl groups is 1. The van der Waals surface area contributed by atoms with Crippen LogP contribution in [0.1, 0.15) is 13.3 Å². The third-order valence-corrected chi connectivity index (χ3v) is 3.35. The van der Waals surface area contributed by atoms with Gasteiger partial charge in [0.2, 0.25) is 0 Å². The number of nitrogens with one attached hydrogen (secondary N) is 1. The Morgan fingerprint density at radius 2 is 2.41 bits per heavy atom. The largest absolute Gasteiger partial charge is 0.388 e. The Bertz CT molecular complexity index is 566. The Balaban J connectivity index is 2.01. The van der Waals surface area contributed by atoms with E-state index in [1.807, 2.05) is 6.92 Å². The summed E-state index contributed by atoms with van der Waals surface area (Å²) >= 11 is 5.82. The highest BCUT2D eigenvalue weighted by atomic mass is 35.5. The summed E-state index contributed by atoms with van der Waals surface area (Å²) in [6.45, 7) is 3.24. The van der Waals surface area contributed by atoms with Crippen LogP contribution in [-0.4, -0.2) is 39.0 Å². The number of fused-ring (bicyclic) bond motifs is 1. The number of rotatable bonds is 1. The molecule has 3 rings (SSSR count). The number of H-pyrrole nitrogens is 1. The normalized spacial score (nSPS) is 24.8. The fourth-order valence-corrected chi connectivity index (χ4v) is 2.40. The molecule has 2 N–H and O–H groups in total. The van der Waals surface area contributed by atoms with Gasteiger partial charge in [0, 0.05) is 25.4 Å². The first-order valence-corrected chi connectivity index (χ1v) is 5.90. The lowest BCUT2D eigenvalue weighted by atomic mass is 10.1. The molecule has 90 valence electrons. The second kappa shape index (κ2) is 3.58. The second-order valence-electron chi connectivity index (χ2n) is 4.77. The number of anilines is 1. The van der Waals surface area contributed by atoms with E-state index in [2.05, 4.69) is 20.1 Å². The van der Waals surface area contributed by atoms with E-state index in [4.69, 9.17) is 11.6 Å². The van der Waals surface area contributed by atoms with E-state index < -0.39 is 5.60 Å². The van der Waals surface area contributed by atoms with Gasteiger partial charge in [0.1, 0.15) is 5.15 Å². The lowest BCUT2D eigenvalue weighted by molar-refractivity contribution is 0.0839. The fraction of sp³-hybridized carbons (Fsp3) is 0.455. The van der Waals surface area contributed by atoms with Crippen LogP contribution in [-0.2, 0) is 0 Å². The molecule has 0 radical (unpaired) electrons. The average molecular weight is 253 g/mol. The van der Waals surface area contributed by atoms with E-state index in [-0.39, 0.29) is 0 Å². The molecule has 0 amide bonds. The van der Waals surface area contributed by atoms with Gasteiger partial charge in [0.15, 0.2) is 5.82 Å². The number of hydrogen-bond donors (Lipinski definition) is 2. The van der Waals surface area contributed by atoms with Gasteiger partial charge < -0.3 is 10.0 Å². The summed E-state index contributed by atoms with van der Waals surface area (Å²) in [6, 6.07) is 1.75. The van der Waals surface area contributed by atoms with Crippen LogP contribution in [0.2, 0.25) is 5.15 Å². The minimum Gasteiger partial charge on any atom is -0.388 e. The van der Waals surface area contributed by atoms with Gasteiger partial charge in [-0.05, 0) is 13.3 Å². The Morgan fingerprint density at radius 1 is 1.59 bits per heavy atom. The summed E-state index contributed by atoms with van der Waals surface area (Å²) in [5.41, 5.74) is 0.233. The molecule has 3 heterocycles. The van der Waals surface area contributed by atoms with Gasteiger partial charge >= 0.3 is 0 Å². The van der Waals surface area contributed by atoms with Crippen LogP contribution in [0.3, 0.4) is 0 Å². The Labute approximate surface area is 103 Å². The molecule has 1 unspecified atom stereocenters. The molecule has 2 aromatic rings. The van der Waals surface area contributed by atoms with E-state index >= 15 is 0 Å². The number of pyridine rings is 1. The first-order chi connectivity index (χ1) is 8.05. The molecule has 1 saturated heterocycles. The zero-order valence-corrected chi connectivity index (χ0v) is 10.2. The standard InChI is InChI=1S/C11H13ClN4O/c1-11(17)2-3-16(6-11)10-7-5-13-9(12)4-8(7)14-15-10/h4-5,17H,2-3,6H2,1H3,(H,14,15). The number of aromatic nitrogens is 3.